The zero-order valence-electron chi connectivity index (χ0n) is 12.6. The first-order chi connectivity index (χ1) is 10.8. The summed E-state index contributed by atoms with van der Waals surface area (Å²) in [6.45, 7) is 4.23. The van der Waals surface area contributed by atoms with Crippen LogP contribution < -0.4 is 4.90 Å². The number of amides is 2. The van der Waals surface area contributed by atoms with Crippen LogP contribution in [0.4, 0.5) is 5.82 Å². The number of anilines is 1. The molecule has 2 rings (SSSR count). The molecular weight excluding hydrogens is 339 g/mol. The lowest BCUT2D eigenvalue weighted by molar-refractivity contribution is -0.124. The van der Waals surface area contributed by atoms with Gasteiger partial charge in [-0.3, -0.25) is 9.59 Å². The summed E-state index contributed by atoms with van der Waals surface area (Å²) in [6, 6.07) is 5.12. The van der Waals surface area contributed by atoms with E-state index in [0.29, 0.717) is 16.3 Å². The molecule has 0 aliphatic heterocycles. The Hall–Kier alpha value is -2.36. The van der Waals surface area contributed by atoms with E-state index in [1.54, 1.807) is 13.0 Å². The third-order valence-corrected chi connectivity index (χ3v) is 3.64. The van der Waals surface area contributed by atoms with Crippen molar-refractivity contribution in [3.05, 3.63) is 39.5 Å². The predicted octanol–water partition coefficient (Wildman–Crippen LogP) is 3.26. The molecule has 0 saturated heterocycles. The molecule has 0 fully saturated rings. The van der Waals surface area contributed by atoms with Crippen LogP contribution in [0.25, 0.3) is 5.69 Å². The molecule has 0 atom stereocenters. The topological polar surface area (TPSA) is 79.0 Å². The summed E-state index contributed by atoms with van der Waals surface area (Å²) >= 11 is 12.2. The van der Waals surface area contributed by atoms with Crippen LogP contribution in [0.5, 0.6) is 0 Å². The van der Waals surface area contributed by atoms with E-state index in [1.165, 1.54) is 30.8 Å². The Morgan fingerprint density at radius 2 is 1.87 bits per heavy atom. The summed E-state index contributed by atoms with van der Waals surface area (Å²) in [5.41, 5.74) is 1.21. The second kappa shape index (κ2) is 6.41. The molecule has 1 aromatic heterocycles. The van der Waals surface area contributed by atoms with E-state index in [2.05, 4.69) is 5.10 Å². The van der Waals surface area contributed by atoms with Crippen molar-refractivity contribution in [2.24, 2.45) is 0 Å². The molecule has 0 aliphatic rings. The maximum absolute atomic E-state index is 11.9. The molecule has 2 aromatic rings. The molecule has 0 aliphatic carbocycles. The average Bonchev–Trinajstić information content (AvgIpc) is 2.80. The molecule has 0 bridgehead atoms. The quantitative estimate of drug-likeness (QED) is 0.832. The molecule has 0 saturated carbocycles. The third kappa shape index (κ3) is 3.07. The summed E-state index contributed by atoms with van der Waals surface area (Å²) in [6.07, 6.45) is 1.28. The van der Waals surface area contributed by atoms with Gasteiger partial charge in [0.2, 0.25) is 11.8 Å². The van der Waals surface area contributed by atoms with Crippen LogP contribution in [0.15, 0.2) is 18.3 Å². The van der Waals surface area contributed by atoms with Crippen molar-refractivity contribution in [2.75, 3.05) is 4.90 Å². The first kappa shape index (κ1) is 17.0. The van der Waals surface area contributed by atoms with Gasteiger partial charge in [-0.25, -0.2) is 9.58 Å². The summed E-state index contributed by atoms with van der Waals surface area (Å²) in [5, 5.41) is 14.1. The van der Waals surface area contributed by atoms with E-state index in [-0.39, 0.29) is 16.4 Å². The Bertz CT molecular complexity index is 815. The van der Waals surface area contributed by atoms with E-state index < -0.39 is 11.8 Å². The fourth-order valence-electron chi connectivity index (χ4n) is 2.28. The fraction of sp³-hybridized carbons (Fsp3) is 0.200. The highest BCUT2D eigenvalue weighted by molar-refractivity contribution is 6.36. The van der Waals surface area contributed by atoms with Gasteiger partial charge >= 0.3 is 0 Å². The molecule has 8 heteroatoms. The minimum Gasteiger partial charge on any atom is -0.274 e. The SMILES string of the molecule is CC(=O)N(C(C)=O)c1c(C#N)cnn1-c1c(C)cc(Cl)cc1Cl. The molecule has 1 heterocycles. The minimum absolute atomic E-state index is 0.0554. The number of benzene rings is 1. The van der Waals surface area contributed by atoms with E-state index >= 15 is 0 Å². The summed E-state index contributed by atoms with van der Waals surface area (Å²) in [4.78, 5) is 24.6. The summed E-state index contributed by atoms with van der Waals surface area (Å²) in [7, 11) is 0. The molecular formula is C15H12Cl2N4O2. The fourth-order valence-corrected chi connectivity index (χ4v) is 2.96. The van der Waals surface area contributed by atoms with Gasteiger partial charge in [-0.15, -0.1) is 0 Å². The van der Waals surface area contributed by atoms with Gasteiger partial charge in [-0.1, -0.05) is 23.2 Å². The number of aromatic nitrogens is 2. The number of imide groups is 1. The molecule has 2 amide bonds. The van der Waals surface area contributed by atoms with E-state index in [0.717, 1.165) is 4.90 Å². The van der Waals surface area contributed by atoms with Crippen molar-refractivity contribution in [1.29, 1.82) is 5.26 Å². The van der Waals surface area contributed by atoms with Gasteiger partial charge in [0.1, 0.15) is 11.6 Å². The Labute approximate surface area is 142 Å². The van der Waals surface area contributed by atoms with Crippen LogP contribution in [0.1, 0.15) is 25.0 Å². The number of carbonyl (C=O) groups is 2. The third-order valence-electron chi connectivity index (χ3n) is 3.14. The number of rotatable bonds is 2. The van der Waals surface area contributed by atoms with Gasteiger partial charge < -0.3 is 0 Å². The van der Waals surface area contributed by atoms with Gasteiger partial charge in [0.15, 0.2) is 5.82 Å². The molecule has 6 nitrogen and oxygen atoms in total. The molecule has 23 heavy (non-hydrogen) atoms. The highest BCUT2D eigenvalue weighted by Crippen LogP contribution is 2.32. The largest absolute Gasteiger partial charge is 0.274 e. The standard InChI is InChI=1S/C15H12Cl2N4O2/c1-8-4-12(16)5-13(17)14(8)21-15(11(6-18)7-19-21)20(9(2)22)10(3)23/h4-5,7H,1-3H3. The Morgan fingerprint density at radius 1 is 1.26 bits per heavy atom. The van der Waals surface area contributed by atoms with Crippen LogP contribution in [0.3, 0.4) is 0 Å². The normalized spacial score (nSPS) is 10.3. The molecule has 0 radical (unpaired) electrons. The number of halogens is 2. The number of nitrogens with zero attached hydrogens (tertiary/aromatic N) is 4. The second-order valence-corrected chi connectivity index (χ2v) is 5.68. The van der Waals surface area contributed by atoms with Crippen molar-refractivity contribution in [3.63, 3.8) is 0 Å². The monoisotopic (exact) mass is 350 g/mol. The molecule has 0 N–H and O–H groups in total. The van der Waals surface area contributed by atoms with Crippen molar-refractivity contribution < 1.29 is 9.59 Å². The van der Waals surface area contributed by atoms with Gasteiger partial charge in [0, 0.05) is 18.9 Å². The average molecular weight is 351 g/mol. The van der Waals surface area contributed by atoms with Crippen molar-refractivity contribution in [3.8, 4) is 11.8 Å². The predicted molar refractivity (Wildman–Crippen MR) is 86.9 cm³/mol. The first-order valence-electron chi connectivity index (χ1n) is 6.53. The zero-order chi connectivity index (χ0) is 17.3. The second-order valence-electron chi connectivity index (χ2n) is 4.83. The molecule has 1 aromatic carbocycles. The Morgan fingerprint density at radius 3 is 2.35 bits per heavy atom. The van der Waals surface area contributed by atoms with Crippen LogP contribution in [0, 0.1) is 18.3 Å². The Balaban J connectivity index is 2.82. The minimum atomic E-state index is -0.529. The van der Waals surface area contributed by atoms with E-state index in [9.17, 15) is 14.9 Å². The lowest BCUT2D eigenvalue weighted by atomic mass is 10.2. The zero-order valence-corrected chi connectivity index (χ0v) is 14.1. The first-order valence-corrected chi connectivity index (χ1v) is 7.29. The van der Waals surface area contributed by atoms with Gasteiger partial charge in [-0.2, -0.15) is 10.4 Å². The highest BCUT2D eigenvalue weighted by atomic mass is 35.5. The molecule has 0 spiro atoms. The number of carbonyl (C=O) groups excluding carboxylic acids is 2. The number of hydrogen-bond donors (Lipinski definition) is 0. The van der Waals surface area contributed by atoms with Crippen LogP contribution in [0.2, 0.25) is 10.0 Å². The van der Waals surface area contributed by atoms with E-state index in [1.807, 2.05) is 6.07 Å². The van der Waals surface area contributed by atoms with Crippen LogP contribution in [-0.4, -0.2) is 21.6 Å². The number of aryl methyl sites for hydroxylation is 1. The van der Waals surface area contributed by atoms with E-state index in [4.69, 9.17) is 23.2 Å². The number of hydrogen-bond acceptors (Lipinski definition) is 4. The maximum Gasteiger partial charge on any atom is 0.231 e. The molecule has 118 valence electrons. The van der Waals surface area contributed by atoms with Crippen molar-refractivity contribution >= 4 is 40.8 Å². The number of nitriles is 1. The lowest BCUT2D eigenvalue weighted by Crippen LogP contribution is -2.35. The van der Waals surface area contributed by atoms with Crippen LogP contribution in [-0.2, 0) is 9.59 Å². The van der Waals surface area contributed by atoms with Crippen molar-refractivity contribution in [1.82, 2.24) is 9.78 Å². The summed E-state index contributed by atoms with van der Waals surface area (Å²) < 4.78 is 1.30. The smallest absolute Gasteiger partial charge is 0.231 e. The van der Waals surface area contributed by atoms with Crippen molar-refractivity contribution in [2.45, 2.75) is 20.8 Å². The lowest BCUT2D eigenvalue weighted by Gasteiger charge is -2.20. The Kier molecular flexibility index (Phi) is 4.73. The van der Waals surface area contributed by atoms with Gasteiger partial charge in [-0.05, 0) is 24.6 Å². The molecule has 0 unspecified atom stereocenters. The maximum atomic E-state index is 11.9. The summed E-state index contributed by atoms with van der Waals surface area (Å²) in [5.74, 6) is -1.00. The highest BCUT2D eigenvalue weighted by Gasteiger charge is 2.27. The van der Waals surface area contributed by atoms with Crippen LogP contribution >= 0.6 is 23.2 Å². The van der Waals surface area contributed by atoms with Gasteiger partial charge in [0.05, 0.1) is 16.9 Å². The van der Waals surface area contributed by atoms with Gasteiger partial charge in [0.25, 0.3) is 0 Å².